The Bertz CT molecular complexity index is 1250. The molecule has 0 aliphatic heterocycles. The van der Waals surface area contributed by atoms with E-state index < -0.39 is 6.61 Å². The van der Waals surface area contributed by atoms with Gasteiger partial charge in [0, 0.05) is 35.5 Å². The van der Waals surface area contributed by atoms with Crippen LogP contribution in [0.5, 0.6) is 5.75 Å². The topological polar surface area (TPSA) is 43.4 Å². The number of rotatable bonds is 8. The van der Waals surface area contributed by atoms with Gasteiger partial charge in [-0.2, -0.15) is 8.78 Å². The molecule has 0 saturated heterocycles. The van der Waals surface area contributed by atoms with E-state index in [-0.39, 0.29) is 17.6 Å². The largest absolute Gasteiger partial charge is 0.435 e. The number of fused-ring (bicyclic) bond motifs is 1. The fourth-order valence-electron chi connectivity index (χ4n) is 5.33. The predicted octanol–water partition coefficient (Wildman–Crippen LogP) is 6.99. The van der Waals surface area contributed by atoms with E-state index in [0.29, 0.717) is 6.04 Å². The molecule has 0 spiro atoms. The molecule has 2 aliphatic rings. The number of benzene rings is 1. The number of hydrogen-bond donors (Lipinski definition) is 1. The summed E-state index contributed by atoms with van der Waals surface area (Å²) in [6, 6.07) is 13.2. The number of ether oxygens (including phenoxy) is 1. The van der Waals surface area contributed by atoms with Crippen LogP contribution in [0.2, 0.25) is 0 Å². The average Bonchev–Trinajstić information content (AvgIpc) is 3.47. The fourth-order valence-corrected chi connectivity index (χ4v) is 5.83. The van der Waals surface area contributed by atoms with Gasteiger partial charge in [0.15, 0.2) is 0 Å². The van der Waals surface area contributed by atoms with Crippen LogP contribution in [0.15, 0.2) is 36.5 Å². The van der Waals surface area contributed by atoms with E-state index in [4.69, 9.17) is 9.72 Å². The Morgan fingerprint density at radius 2 is 1.94 bits per heavy atom. The summed E-state index contributed by atoms with van der Waals surface area (Å²) < 4.78 is 32.9. The highest BCUT2D eigenvalue weighted by atomic mass is 31.0. The maximum absolute atomic E-state index is 12.9. The predicted molar refractivity (Wildman–Crippen MR) is 139 cm³/mol. The summed E-state index contributed by atoms with van der Waals surface area (Å²) in [5.41, 5.74) is 4.55. The number of pyridine rings is 1. The smallest absolute Gasteiger partial charge is 0.387 e. The molecule has 1 aromatic carbocycles. The van der Waals surface area contributed by atoms with Crippen molar-refractivity contribution < 1.29 is 13.5 Å². The molecule has 2 heterocycles. The van der Waals surface area contributed by atoms with Crippen molar-refractivity contribution in [2.24, 2.45) is 5.92 Å². The van der Waals surface area contributed by atoms with Gasteiger partial charge in [-0.1, -0.05) is 23.8 Å². The molecule has 184 valence electrons. The molecule has 0 bridgehead atoms. The van der Waals surface area contributed by atoms with E-state index in [1.54, 1.807) is 19.2 Å². The van der Waals surface area contributed by atoms with Gasteiger partial charge in [-0.3, -0.25) is 4.98 Å². The highest BCUT2D eigenvalue weighted by Gasteiger charge is 2.30. The second-order valence-corrected chi connectivity index (χ2v) is 10.3. The minimum Gasteiger partial charge on any atom is -0.435 e. The summed E-state index contributed by atoms with van der Waals surface area (Å²) >= 11 is 0. The zero-order valence-electron chi connectivity index (χ0n) is 20.2. The number of halogens is 2. The van der Waals surface area contributed by atoms with E-state index in [1.807, 2.05) is 18.3 Å². The quantitative estimate of drug-likeness (QED) is 0.341. The van der Waals surface area contributed by atoms with E-state index in [1.165, 1.54) is 12.8 Å². The lowest BCUT2D eigenvalue weighted by Gasteiger charge is -2.20. The molecule has 3 unspecified atom stereocenters. The van der Waals surface area contributed by atoms with Gasteiger partial charge >= 0.3 is 12.7 Å². The molecule has 3 atom stereocenters. The van der Waals surface area contributed by atoms with E-state index in [9.17, 15) is 8.78 Å². The molecule has 0 radical (unpaired) electrons. The standard InChI is InChI=1S/C27H32F2N4OP/c1-16(17-7-8-17)32-26(35)18-9-12-23(31-14-18)25-22(15-30-2)21-11-10-20(34-27(28)29)13-24(21)33(25)19-5-3-4-6-19/h9-14,16-17,19,26-27,32H,3-8,35H2,1-2H3/q+1. The van der Waals surface area contributed by atoms with Gasteiger partial charge in [0.1, 0.15) is 11.3 Å². The minimum atomic E-state index is -2.87. The van der Waals surface area contributed by atoms with Crippen LogP contribution in [0.1, 0.15) is 68.4 Å². The summed E-state index contributed by atoms with van der Waals surface area (Å²) in [5, 5.41) is 4.57. The molecule has 2 fully saturated rings. The van der Waals surface area contributed by atoms with E-state index in [2.05, 4.69) is 43.0 Å². The van der Waals surface area contributed by atoms with Crippen molar-refractivity contribution in [1.82, 2.24) is 14.9 Å². The first-order valence-corrected chi connectivity index (χ1v) is 13.1. The number of nitrogens with one attached hydrogen (secondary N) is 1. The van der Waals surface area contributed by atoms with Gasteiger partial charge in [0.25, 0.3) is 7.05 Å². The SMILES string of the molecule is C[N+]#Cc1c(-c2ccc(C(P)NC(C)C3CC3)cn2)n(C2CCCC2)c2cc(OC(F)F)ccc12. The van der Waals surface area contributed by atoms with Crippen molar-refractivity contribution in [2.45, 2.75) is 69.9 Å². The number of nitrogens with zero attached hydrogens (tertiary/aromatic N) is 3. The van der Waals surface area contributed by atoms with Gasteiger partial charge in [0.2, 0.25) is 0 Å². The molecular formula is C27H32F2N4OP+. The van der Waals surface area contributed by atoms with Crippen LogP contribution in [0.3, 0.4) is 0 Å². The summed E-state index contributed by atoms with van der Waals surface area (Å²) in [5.74, 6) is 1.06. The second kappa shape index (κ2) is 10.2. The molecule has 2 saturated carbocycles. The third kappa shape index (κ3) is 5.06. The minimum absolute atomic E-state index is 0.130. The van der Waals surface area contributed by atoms with Crippen LogP contribution in [0, 0.1) is 12.0 Å². The monoisotopic (exact) mass is 497 g/mol. The zero-order chi connectivity index (χ0) is 24.5. The third-order valence-corrected chi connectivity index (χ3v) is 7.85. The van der Waals surface area contributed by atoms with Crippen LogP contribution in [-0.4, -0.2) is 29.3 Å². The highest BCUT2D eigenvalue weighted by molar-refractivity contribution is 7.17. The summed E-state index contributed by atoms with van der Waals surface area (Å²) in [6.07, 6.45) is 8.89. The van der Waals surface area contributed by atoms with Crippen molar-refractivity contribution in [3.05, 3.63) is 52.5 Å². The Hall–Kier alpha value is -2.55. The van der Waals surface area contributed by atoms with Gasteiger partial charge in [-0.05, 0) is 62.3 Å². The maximum Gasteiger partial charge on any atom is 0.387 e. The second-order valence-electron chi connectivity index (χ2n) is 9.67. The molecule has 0 amide bonds. The normalized spacial score (nSPS) is 18.0. The van der Waals surface area contributed by atoms with Crippen LogP contribution in [0.4, 0.5) is 8.78 Å². The Labute approximate surface area is 207 Å². The molecule has 35 heavy (non-hydrogen) atoms. The Kier molecular flexibility index (Phi) is 7.05. The van der Waals surface area contributed by atoms with E-state index in [0.717, 1.165) is 65.0 Å². The lowest BCUT2D eigenvalue weighted by Crippen LogP contribution is -2.29. The molecule has 8 heteroatoms. The molecule has 2 aromatic heterocycles. The van der Waals surface area contributed by atoms with Gasteiger partial charge in [-0.15, -0.1) is 9.24 Å². The first kappa shape index (κ1) is 24.2. The van der Waals surface area contributed by atoms with Crippen LogP contribution in [0.25, 0.3) is 27.1 Å². The Balaban J connectivity index is 1.59. The van der Waals surface area contributed by atoms with Crippen molar-refractivity contribution in [1.29, 1.82) is 0 Å². The zero-order valence-corrected chi connectivity index (χ0v) is 21.3. The lowest BCUT2D eigenvalue weighted by atomic mass is 10.1. The maximum atomic E-state index is 12.9. The van der Waals surface area contributed by atoms with Crippen LogP contribution in [-0.2, 0) is 0 Å². The average molecular weight is 498 g/mol. The van der Waals surface area contributed by atoms with Gasteiger partial charge < -0.3 is 14.6 Å². The number of hydrogen-bond acceptors (Lipinski definition) is 3. The van der Waals surface area contributed by atoms with Crippen LogP contribution < -0.4 is 10.1 Å². The third-order valence-electron chi connectivity index (χ3n) is 7.27. The molecule has 5 rings (SSSR count). The Morgan fingerprint density at radius 3 is 2.57 bits per heavy atom. The number of alkyl halides is 2. The fraction of sp³-hybridized carbons (Fsp3) is 0.481. The van der Waals surface area contributed by atoms with Gasteiger partial charge in [0.05, 0.1) is 16.9 Å². The lowest BCUT2D eigenvalue weighted by molar-refractivity contribution is -0.0497. The van der Waals surface area contributed by atoms with Gasteiger partial charge in [-0.25, -0.2) is 0 Å². The number of aromatic nitrogens is 2. The molecule has 2 aliphatic carbocycles. The summed E-state index contributed by atoms with van der Waals surface area (Å²) in [4.78, 5) is 9.07. The first-order valence-electron chi connectivity index (χ1n) is 12.4. The van der Waals surface area contributed by atoms with Crippen molar-refractivity contribution in [3.63, 3.8) is 0 Å². The molecule has 5 nitrogen and oxygen atoms in total. The van der Waals surface area contributed by atoms with Crippen molar-refractivity contribution >= 4 is 20.1 Å². The molecular weight excluding hydrogens is 465 g/mol. The van der Waals surface area contributed by atoms with Crippen molar-refractivity contribution in [2.75, 3.05) is 7.05 Å². The Morgan fingerprint density at radius 1 is 1.17 bits per heavy atom. The van der Waals surface area contributed by atoms with E-state index >= 15 is 0 Å². The highest BCUT2D eigenvalue weighted by Crippen LogP contribution is 2.42. The van der Waals surface area contributed by atoms with Crippen LogP contribution >= 0.6 is 9.24 Å². The molecule has 1 N–H and O–H groups in total. The van der Waals surface area contributed by atoms with Crippen molar-refractivity contribution in [3.8, 4) is 23.2 Å². The summed E-state index contributed by atoms with van der Waals surface area (Å²) in [7, 11) is 4.58. The molecule has 3 aromatic rings. The first-order chi connectivity index (χ1) is 17.0. The summed E-state index contributed by atoms with van der Waals surface area (Å²) in [6.45, 7) is -0.621.